The van der Waals surface area contributed by atoms with Crippen molar-refractivity contribution in [2.45, 2.75) is 6.92 Å². The molecule has 0 radical (unpaired) electrons. The van der Waals surface area contributed by atoms with E-state index in [0.717, 1.165) is 15.6 Å². The van der Waals surface area contributed by atoms with E-state index in [1.165, 1.54) is 11.3 Å². The zero-order valence-electron chi connectivity index (χ0n) is 7.87. The lowest BCUT2D eigenvalue weighted by Crippen LogP contribution is -1.98. The van der Waals surface area contributed by atoms with Crippen molar-refractivity contribution in [3.8, 4) is 0 Å². The Morgan fingerprint density at radius 1 is 1.20 bits per heavy atom. The number of fused-ring (bicyclic) bond motifs is 3. The molecule has 1 aromatic heterocycles. The average Bonchev–Trinajstić information content (AvgIpc) is 2.67. The van der Waals surface area contributed by atoms with Gasteiger partial charge in [-0.2, -0.15) is 0 Å². The second-order valence-corrected chi connectivity index (χ2v) is 4.53. The van der Waals surface area contributed by atoms with E-state index in [1.54, 1.807) is 0 Å². The van der Waals surface area contributed by atoms with Gasteiger partial charge in [0.05, 0.1) is 5.56 Å². The number of carbonyl (C=O) groups excluding carboxylic acids is 2. The van der Waals surface area contributed by atoms with Crippen LogP contribution in [0.1, 0.15) is 25.6 Å². The lowest BCUT2D eigenvalue weighted by Gasteiger charge is -1.94. The number of aryl methyl sites for hydroxylation is 1. The Hall–Kier alpha value is -1.68. The Kier molecular flexibility index (Phi) is 1.53. The van der Waals surface area contributed by atoms with Gasteiger partial charge in [-0.15, -0.1) is 11.3 Å². The lowest BCUT2D eigenvalue weighted by molar-refractivity contribution is 0.0446. The summed E-state index contributed by atoms with van der Waals surface area (Å²) in [7, 11) is 0. The van der Waals surface area contributed by atoms with Gasteiger partial charge < -0.3 is 4.74 Å². The van der Waals surface area contributed by atoms with E-state index in [2.05, 4.69) is 4.74 Å². The third-order valence-electron chi connectivity index (χ3n) is 2.42. The van der Waals surface area contributed by atoms with Crippen LogP contribution in [0.25, 0.3) is 10.1 Å². The second-order valence-electron chi connectivity index (χ2n) is 3.48. The molecule has 0 fully saturated rings. The molecule has 3 nitrogen and oxygen atoms in total. The summed E-state index contributed by atoms with van der Waals surface area (Å²) in [5.74, 6) is -1.04. The van der Waals surface area contributed by atoms with E-state index >= 15 is 0 Å². The van der Waals surface area contributed by atoms with E-state index in [0.29, 0.717) is 10.4 Å². The van der Waals surface area contributed by atoms with Crippen molar-refractivity contribution < 1.29 is 14.3 Å². The summed E-state index contributed by atoms with van der Waals surface area (Å²) in [5, 5.41) is 0.825. The number of esters is 2. The zero-order chi connectivity index (χ0) is 10.6. The second kappa shape index (κ2) is 2.67. The smallest absolute Gasteiger partial charge is 0.357 e. The van der Waals surface area contributed by atoms with Gasteiger partial charge in [0.15, 0.2) is 0 Å². The summed E-state index contributed by atoms with van der Waals surface area (Å²) in [6.07, 6.45) is 0. The maximum atomic E-state index is 11.4. The first-order valence-electron chi connectivity index (χ1n) is 4.46. The van der Waals surface area contributed by atoms with E-state index in [4.69, 9.17) is 0 Å². The van der Waals surface area contributed by atoms with Crippen LogP contribution in [0.5, 0.6) is 0 Å². The number of hydrogen-bond acceptors (Lipinski definition) is 4. The van der Waals surface area contributed by atoms with Gasteiger partial charge in [0.2, 0.25) is 0 Å². The van der Waals surface area contributed by atoms with Crippen molar-refractivity contribution in [1.82, 2.24) is 0 Å². The van der Waals surface area contributed by atoms with Crippen LogP contribution < -0.4 is 0 Å². The van der Waals surface area contributed by atoms with Gasteiger partial charge >= 0.3 is 11.9 Å². The van der Waals surface area contributed by atoms with Crippen LogP contribution in [0.4, 0.5) is 0 Å². The first-order valence-corrected chi connectivity index (χ1v) is 5.28. The zero-order valence-corrected chi connectivity index (χ0v) is 8.68. The lowest BCUT2D eigenvalue weighted by atomic mass is 10.1. The van der Waals surface area contributed by atoms with Gasteiger partial charge in [-0.25, -0.2) is 9.59 Å². The molecule has 1 aromatic carbocycles. The summed E-state index contributed by atoms with van der Waals surface area (Å²) >= 11 is 1.31. The van der Waals surface area contributed by atoms with Gasteiger partial charge in [0.1, 0.15) is 4.88 Å². The summed E-state index contributed by atoms with van der Waals surface area (Å²) < 4.78 is 5.51. The van der Waals surface area contributed by atoms with Crippen LogP contribution in [-0.2, 0) is 4.74 Å². The van der Waals surface area contributed by atoms with E-state index in [1.807, 2.05) is 25.1 Å². The topological polar surface area (TPSA) is 43.4 Å². The molecule has 0 N–H and O–H groups in total. The Morgan fingerprint density at radius 3 is 2.80 bits per heavy atom. The van der Waals surface area contributed by atoms with Gasteiger partial charge in [-0.05, 0) is 19.1 Å². The van der Waals surface area contributed by atoms with Crippen molar-refractivity contribution >= 4 is 33.4 Å². The Balaban J connectivity index is 2.46. The number of hydrogen-bond donors (Lipinski definition) is 0. The number of rotatable bonds is 0. The molecule has 3 rings (SSSR count). The highest BCUT2D eigenvalue weighted by molar-refractivity contribution is 7.21. The Morgan fingerprint density at radius 2 is 2.00 bits per heavy atom. The molecule has 0 saturated heterocycles. The SMILES string of the molecule is Cc1ccc2sc3c(c2c1)C(=O)OC3=O. The molecule has 0 spiro atoms. The van der Waals surface area contributed by atoms with Crippen LogP contribution in [0.15, 0.2) is 18.2 Å². The molecule has 0 atom stereocenters. The van der Waals surface area contributed by atoms with Crippen LogP contribution >= 0.6 is 11.3 Å². The van der Waals surface area contributed by atoms with Gasteiger partial charge in [-0.1, -0.05) is 11.6 Å². The summed E-state index contributed by atoms with van der Waals surface area (Å²) in [6.45, 7) is 1.95. The van der Waals surface area contributed by atoms with Crippen LogP contribution in [0.3, 0.4) is 0 Å². The number of carbonyl (C=O) groups is 2. The van der Waals surface area contributed by atoms with E-state index < -0.39 is 11.9 Å². The maximum absolute atomic E-state index is 11.4. The number of cyclic esters (lactones) is 2. The highest BCUT2D eigenvalue weighted by Crippen LogP contribution is 2.36. The van der Waals surface area contributed by atoms with Crippen molar-refractivity contribution in [2.24, 2.45) is 0 Å². The van der Waals surface area contributed by atoms with Crippen LogP contribution in [0.2, 0.25) is 0 Å². The third kappa shape index (κ3) is 1.05. The number of thiophene rings is 1. The molecule has 2 heterocycles. The van der Waals surface area contributed by atoms with Crippen LogP contribution in [0, 0.1) is 6.92 Å². The minimum atomic E-state index is -0.521. The van der Waals surface area contributed by atoms with Gasteiger partial charge in [0, 0.05) is 10.1 Å². The molecule has 1 aliphatic rings. The Bertz CT molecular complexity index is 610. The monoisotopic (exact) mass is 218 g/mol. The standard InChI is InChI=1S/C11H6O3S/c1-5-2-3-7-6(4-5)8-9(15-7)11(13)14-10(8)12/h2-4H,1H3. The molecule has 1 aliphatic heterocycles. The molecule has 0 bridgehead atoms. The molecule has 0 unspecified atom stereocenters. The van der Waals surface area contributed by atoms with Crippen LogP contribution in [-0.4, -0.2) is 11.9 Å². The minimum Gasteiger partial charge on any atom is -0.385 e. The maximum Gasteiger partial charge on any atom is 0.357 e. The minimum absolute atomic E-state index is 0.431. The third-order valence-corrected chi connectivity index (χ3v) is 3.57. The van der Waals surface area contributed by atoms with E-state index in [-0.39, 0.29) is 0 Å². The van der Waals surface area contributed by atoms with Crippen molar-refractivity contribution in [2.75, 3.05) is 0 Å². The predicted molar refractivity (Wildman–Crippen MR) is 56.3 cm³/mol. The molecule has 4 heteroatoms. The summed E-state index contributed by atoms with van der Waals surface area (Å²) in [6, 6.07) is 5.79. The first-order chi connectivity index (χ1) is 7.16. The van der Waals surface area contributed by atoms with E-state index in [9.17, 15) is 9.59 Å². The van der Waals surface area contributed by atoms with Crippen molar-refractivity contribution in [3.05, 3.63) is 34.2 Å². The molecular formula is C11H6O3S. The largest absolute Gasteiger partial charge is 0.385 e. The highest BCUT2D eigenvalue weighted by Gasteiger charge is 2.34. The average molecular weight is 218 g/mol. The molecule has 0 saturated carbocycles. The summed E-state index contributed by atoms with van der Waals surface area (Å²) in [4.78, 5) is 23.2. The molecule has 74 valence electrons. The van der Waals surface area contributed by atoms with Crippen molar-refractivity contribution in [1.29, 1.82) is 0 Å². The molecule has 0 aliphatic carbocycles. The molecule has 2 aromatic rings. The quantitative estimate of drug-likeness (QED) is 0.504. The number of ether oxygens (including phenoxy) is 1. The number of benzene rings is 1. The molecule has 15 heavy (non-hydrogen) atoms. The van der Waals surface area contributed by atoms with Crippen molar-refractivity contribution in [3.63, 3.8) is 0 Å². The normalized spacial score (nSPS) is 14.5. The Labute approximate surface area is 89.3 Å². The fraction of sp³-hybridized carbons (Fsp3) is 0.0909. The van der Waals surface area contributed by atoms with Gasteiger partial charge in [0.25, 0.3) is 0 Å². The predicted octanol–water partition coefficient (Wildman–Crippen LogP) is 2.52. The summed E-state index contributed by atoms with van der Waals surface area (Å²) in [5.41, 5.74) is 1.50. The fourth-order valence-corrected chi connectivity index (χ4v) is 2.79. The molecule has 0 amide bonds. The first kappa shape index (κ1) is 8.61. The molecular weight excluding hydrogens is 212 g/mol. The van der Waals surface area contributed by atoms with Gasteiger partial charge in [-0.3, -0.25) is 0 Å². The highest BCUT2D eigenvalue weighted by atomic mass is 32.1. The fourth-order valence-electron chi connectivity index (χ4n) is 1.74.